The molecule has 0 aliphatic rings. The number of hydrogen-bond acceptors (Lipinski definition) is 6. The molecular formula is C22H32N6O2. The van der Waals surface area contributed by atoms with E-state index in [9.17, 15) is 4.79 Å². The first kappa shape index (κ1) is 21.8. The third-order valence-corrected chi connectivity index (χ3v) is 5.55. The van der Waals surface area contributed by atoms with Crippen LogP contribution < -0.4 is 5.32 Å². The van der Waals surface area contributed by atoms with Gasteiger partial charge in [0, 0.05) is 30.5 Å². The van der Waals surface area contributed by atoms with Crippen molar-refractivity contribution < 1.29 is 9.53 Å². The van der Waals surface area contributed by atoms with Crippen molar-refractivity contribution in [2.45, 2.75) is 66.7 Å². The Morgan fingerprint density at radius 1 is 1.20 bits per heavy atom. The minimum atomic E-state index is -0.303. The summed E-state index contributed by atoms with van der Waals surface area (Å²) in [6, 6.07) is 2.04. The molecule has 1 atom stereocenters. The van der Waals surface area contributed by atoms with Crippen molar-refractivity contribution in [1.82, 2.24) is 24.3 Å². The van der Waals surface area contributed by atoms with Gasteiger partial charge in [0.25, 0.3) is 0 Å². The Kier molecular flexibility index (Phi) is 7.07. The van der Waals surface area contributed by atoms with Crippen LogP contribution in [0.2, 0.25) is 0 Å². The standard InChI is InChI=1S/C22H32N6O2/c1-6-17(7-2)12-27-9-8-18-10-23-22(26-21(18)27)25-19-11-24-28(13-19)14-20(29)30-16(5)15(3)4/h8-11,13,15-17H,6-7,12,14H2,1-5H3,(H,23,25,26). The third kappa shape index (κ3) is 5.37. The maximum Gasteiger partial charge on any atom is 0.328 e. The van der Waals surface area contributed by atoms with Crippen LogP contribution in [0.5, 0.6) is 0 Å². The van der Waals surface area contributed by atoms with Crippen LogP contribution in [0.4, 0.5) is 11.6 Å². The summed E-state index contributed by atoms with van der Waals surface area (Å²) in [7, 11) is 0. The Bertz CT molecular complexity index is 973. The minimum absolute atomic E-state index is 0.0664. The normalized spacial score (nSPS) is 12.6. The fraction of sp³-hybridized carbons (Fsp3) is 0.545. The van der Waals surface area contributed by atoms with Gasteiger partial charge in [-0.1, -0.05) is 40.5 Å². The van der Waals surface area contributed by atoms with Crippen molar-refractivity contribution in [2.75, 3.05) is 5.32 Å². The smallest absolute Gasteiger partial charge is 0.328 e. The van der Waals surface area contributed by atoms with E-state index in [1.807, 2.05) is 33.0 Å². The fourth-order valence-electron chi connectivity index (χ4n) is 3.16. The molecule has 162 valence electrons. The van der Waals surface area contributed by atoms with E-state index in [4.69, 9.17) is 9.72 Å². The van der Waals surface area contributed by atoms with Crippen molar-refractivity contribution in [3.63, 3.8) is 0 Å². The Labute approximate surface area is 177 Å². The molecule has 0 aliphatic heterocycles. The number of carbonyl (C=O) groups excluding carboxylic acids is 1. The number of ether oxygens (including phenoxy) is 1. The SMILES string of the molecule is CCC(CC)Cn1ccc2cnc(Nc3cnn(CC(=O)OC(C)C(C)C)c3)nc21. The summed E-state index contributed by atoms with van der Waals surface area (Å²) in [6.07, 6.45) is 9.45. The lowest BCUT2D eigenvalue weighted by Crippen LogP contribution is -2.23. The lowest BCUT2D eigenvalue weighted by Gasteiger charge is -2.16. The van der Waals surface area contributed by atoms with E-state index in [1.54, 1.807) is 17.1 Å². The van der Waals surface area contributed by atoms with Gasteiger partial charge in [-0.05, 0) is 24.8 Å². The minimum Gasteiger partial charge on any atom is -0.461 e. The predicted molar refractivity (Wildman–Crippen MR) is 118 cm³/mol. The van der Waals surface area contributed by atoms with Gasteiger partial charge in [-0.3, -0.25) is 9.48 Å². The molecule has 0 saturated heterocycles. The van der Waals surface area contributed by atoms with Gasteiger partial charge < -0.3 is 14.6 Å². The number of rotatable bonds is 10. The highest BCUT2D eigenvalue weighted by molar-refractivity contribution is 5.76. The summed E-state index contributed by atoms with van der Waals surface area (Å²) in [5.41, 5.74) is 1.63. The van der Waals surface area contributed by atoms with Gasteiger partial charge >= 0.3 is 5.97 Å². The summed E-state index contributed by atoms with van der Waals surface area (Å²) < 4.78 is 9.14. The molecule has 30 heavy (non-hydrogen) atoms. The number of aromatic nitrogens is 5. The highest BCUT2D eigenvalue weighted by atomic mass is 16.5. The molecule has 0 saturated carbocycles. The zero-order chi connectivity index (χ0) is 21.7. The lowest BCUT2D eigenvalue weighted by atomic mass is 10.0. The number of nitrogens with one attached hydrogen (secondary N) is 1. The Hall–Kier alpha value is -2.90. The van der Waals surface area contributed by atoms with Gasteiger partial charge in [0.15, 0.2) is 0 Å². The molecule has 0 spiro atoms. The third-order valence-electron chi connectivity index (χ3n) is 5.55. The van der Waals surface area contributed by atoms with Crippen LogP contribution in [-0.2, 0) is 22.6 Å². The number of carbonyl (C=O) groups is 1. The summed E-state index contributed by atoms with van der Waals surface area (Å²) in [6.45, 7) is 11.4. The van der Waals surface area contributed by atoms with Gasteiger partial charge in [-0.25, -0.2) is 4.98 Å². The zero-order valence-electron chi connectivity index (χ0n) is 18.5. The quantitative estimate of drug-likeness (QED) is 0.497. The van der Waals surface area contributed by atoms with E-state index in [0.29, 0.717) is 11.9 Å². The van der Waals surface area contributed by atoms with E-state index in [0.717, 1.165) is 36.1 Å². The second-order valence-electron chi connectivity index (χ2n) is 8.11. The molecule has 0 aromatic carbocycles. The van der Waals surface area contributed by atoms with Crippen LogP contribution >= 0.6 is 0 Å². The van der Waals surface area contributed by atoms with Crippen LogP contribution in [0.15, 0.2) is 30.9 Å². The van der Waals surface area contributed by atoms with Crippen molar-refractivity contribution in [1.29, 1.82) is 0 Å². The van der Waals surface area contributed by atoms with Crippen molar-refractivity contribution >= 4 is 28.6 Å². The molecule has 0 bridgehead atoms. The molecule has 3 aromatic heterocycles. The van der Waals surface area contributed by atoms with Crippen LogP contribution in [0.25, 0.3) is 11.0 Å². The first-order valence-corrected chi connectivity index (χ1v) is 10.7. The number of fused-ring (bicyclic) bond motifs is 1. The van der Waals surface area contributed by atoms with E-state index in [1.165, 1.54) is 0 Å². The molecular weight excluding hydrogens is 380 g/mol. The van der Waals surface area contributed by atoms with E-state index in [2.05, 4.69) is 40.0 Å². The number of esters is 1. The highest BCUT2D eigenvalue weighted by Crippen LogP contribution is 2.20. The van der Waals surface area contributed by atoms with Gasteiger partial charge in [0.05, 0.1) is 11.9 Å². The average Bonchev–Trinajstić information content (AvgIpc) is 3.32. The highest BCUT2D eigenvalue weighted by Gasteiger charge is 2.14. The molecule has 3 heterocycles. The van der Waals surface area contributed by atoms with Crippen LogP contribution in [-0.4, -0.2) is 36.4 Å². The first-order chi connectivity index (χ1) is 14.4. The molecule has 0 aliphatic carbocycles. The van der Waals surface area contributed by atoms with Gasteiger partial charge in [0.2, 0.25) is 5.95 Å². The fourth-order valence-corrected chi connectivity index (χ4v) is 3.16. The average molecular weight is 413 g/mol. The molecule has 3 rings (SSSR count). The largest absolute Gasteiger partial charge is 0.461 e. The van der Waals surface area contributed by atoms with E-state index in [-0.39, 0.29) is 24.5 Å². The molecule has 0 fully saturated rings. The molecule has 8 heteroatoms. The van der Waals surface area contributed by atoms with Crippen molar-refractivity contribution in [3.8, 4) is 0 Å². The van der Waals surface area contributed by atoms with Crippen LogP contribution in [0.1, 0.15) is 47.5 Å². The lowest BCUT2D eigenvalue weighted by molar-refractivity contribution is -0.151. The predicted octanol–water partition coefficient (Wildman–Crippen LogP) is 4.40. The number of nitrogens with zero attached hydrogens (tertiary/aromatic N) is 5. The van der Waals surface area contributed by atoms with E-state index < -0.39 is 0 Å². The van der Waals surface area contributed by atoms with Gasteiger partial charge in [-0.2, -0.15) is 10.1 Å². The van der Waals surface area contributed by atoms with Crippen molar-refractivity contribution in [2.24, 2.45) is 11.8 Å². The number of hydrogen-bond donors (Lipinski definition) is 1. The van der Waals surface area contributed by atoms with Crippen molar-refractivity contribution in [3.05, 3.63) is 30.9 Å². The summed E-state index contributed by atoms with van der Waals surface area (Å²) >= 11 is 0. The Morgan fingerprint density at radius 3 is 2.67 bits per heavy atom. The Balaban J connectivity index is 1.67. The molecule has 1 unspecified atom stereocenters. The monoisotopic (exact) mass is 412 g/mol. The summed E-state index contributed by atoms with van der Waals surface area (Å²) in [5.74, 6) is 1.11. The summed E-state index contributed by atoms with van der Waals surface area (Å²) in [5, 5.41) is 8.42. The number of anilines is 2. The van der Waals surface area contributed by atoms with Crippen LogP contribution in [0.3, 0.4) is 0 Å². The Morgan fingerprint density at radius 2 is 1.97 bits per heavy atom. The molecule has 3 aromatic rings. The second kappa shape index (κ2) is 9.73. The van der Waals surface area contributed by atoms with E-state index >= 15 is 0 Å². The van der Waals surface area contributed by atoms with Gasteiger partial charge in [-0.15, -0.1) is 0 Å². The van der Waals surface area contributed by atoms with Crippen LogP contribution in [0, 0.1) is 11.8 Å². The molecule has 0 radical (unpaired) electrons. The molecule has 1 N–H and O–H groups in total. The molecule has 8 nitrogen and oxygen atoms in total. The second-order valence-corrected chi connectivity index (χ2v) is 8.11. The van der Waals surface area contributed by atoms with Gasteiger partial charge in [0.1, 0.15) is 18.3 Å². The maximum atomic E-state index is 12.1. The summed E-state index contributed by atoms with van der Waals surface area (Å²) in [4.78, 5) is 21.1. The zero-order valence-corrected chi connectivity index (χ0v) is 18.5. The first-order valence-electron chi connectivity index (χ1n) is 10.7. The topological polar surface area (TPSA) is 86.9 Å². The molecule has 0 amide bonds. The maximum absolute atomic E-state index is 12.1.